The van der Waals surface area contributed by atoms with Crippen molar-refractivity contribution >= 4 is 17.6 Å². The molecule has 1 N–H and O–H groups in total. The molecule has 1 aromatic heterocycles. The highest BCUT2D eigenvalue weighted by Crippen LogP contribution is 2.18. The fourth-order valence-electron chi connectivity index (χ4n) is 2.16. The van der Waals surface area contributed by atoms with Crippen molar-refractivity contribution in [2.24, 2.45) is 5.92 Å². The molecule has 0 aromatic carbocycles. The van der Waals surface area contributed by atoms with Crippen LogP contribution in [0.1, 0.15) is 29.0 Å². The van der Waals surface area contributed by atoms with Crippen molar-refractivity contribution in [3.05, 3.63) is 22.7 Å². The molecule has 1 saturated heterocycles. The maximum Gasteiger partial charge on any atom is 0.356 e. The van der Waals surface area contributed by atoms with Crippen LogP contribution >= 0.6 is 11.6 Å². The first-order chi connectivity index (χ1) is 8.69. The Hall–Kier alpha value is -1.20. The zero-order chi connectivity index (χ0) is 13.0. The largest absolute Gasteiger partial charge is 0.464 e. The van der Waals surface area contributed by atoms with E-state index >= 15 is 0 Å². The fourth-order valence-corrected chi connectivity index (χ4v) is 2.36. The first-order valence-corrected chi connectivity index (χ1v) is 6.39. The third-order valence-electron chi connectivity index (χ3n) is 3.10. The van der Waals surface area contributed by atoms with Crippen LogP contribution in [0.5, 0.6) is 0 Å². The van der Waals surface area contributed by atoms with Crippen LogP contribution in [0.25, 0.3) is 0 Å². The lowest BCUT2D eigenvalue weighted by Gasteiger charge is -2.22. The molecular formula is C12H16ClN3O2. The molecule has 0 bridgehead atoms. The molecule has 1 aliphatic heterocycles. The van der Waals surface area contributed by atoms with E-state index in [1.54, 1.807) is 6.07 Å². The van der Waals surface area contributed by atoms with Crippen LogP contribution in [-0.4, -0.2) is 36.1 Å². The van der Waals surface area contributed by atoms with Crippen molar-refractivity contribution in [3.63, 3.8) is 0 Å². The standard InChI is InChI=1S/C12H16ClN3O2/c1-18-11(17)10-7-9(15-12(13)16-10)6-8-2-4-14-5-3-8/h7-8,14H,2-6H2,1H3. The van der Waals surface area contributed by atoms with E-state index in [0.29, 0.717) is 5.92 Å². The van der Waals surface area contributed by atoms with E-state index in [1.165, 1.54) is 7.11 Å². The summed E-state index contributed by atoms with van der Waals surface area (Å²) >= 11 is 5.83. The third-order valence-corrected chi connectivity index (χ3v) is 3.27. The maximum atomic E-state index is 11.4. The molecule has 1 aromatic rings. The van der Waals surface area contributed by atoms with Gasteiger partial charge in [0.05, 0.1) is 7.11 Å². The predicted octanol–water partition coefficient (Wildman–Crippen LogP) is 1.46. The van der Waals surface area contributed by atoms with Gasteiger partial charge in [0.25, 0.3) is 0 Å². The summed E-state index contributed by atoms with van der Waals surface area (Å²) in [4.78, 5) is 19.5. The number of piperidine rings is 1. The molecule has 0 aliphatic carbocycles. The van der Waals surface area contributed by atoms with E-state index in [9.17, 15) is 4.79 Å². The minimum absolute atomic E-state index is 0.0989. The summed E-state index contributed by atoms with van der Waals surface area (Å²) in [7, 11) is 1.32. The molecule has 5 nitrogen and oxygen atoms in total. The van der Waals surface area contributed by atoms with Gasteiger partial charge in [-0.25, -0.2) is 14.8 Å². The Bertz CT molecular complexity index is 433. The van der Waals surface area contributed by atoms with Gasteiger partial charge in [-0.15, -0.1) is 0 Å². The number of nitrogens with one attached hydrogen (secondary N) is 1. The molecule has 0 unspecified atom stereocenters. The summed E-state index contributed by atoms with van der Waals surface area (Å²) in [6, 6.07) is 1.67. The SMILES string of the molecule is COC(=O)c1cc(CC2CCNCC2)nc(Cl)n1. The molecule has 98 valence electrons. The number of carbonyl (C=O) groups is 1. The van der Waals surface area contributed by atoms with Gasteiger partial charge >= 0.3 is 5.97 Å². The van der Waals surface area contributed by atoms with Gasteiger partial charge < -0.3 is 10.1 Å². The van der Waals surface area contributed by atoms with Crippen LogP contribution in [0.4, 0.5) is 0 Å². The number of halogens is 1. The quantitative estimate of drug-likeness (QED) is 0.665. The normalized spacial score (nSPS) is 16.6. The first kappa shape index (κ1) is 13.2. The lowest BCUT2D eigenvalue weighted by Crippen LogP contribution is -2.28. The van der Waals surface area contributed by atoms with Gasteiger partial charge in [-0.05, 0) is 55.9 Å². The fraction of sp³-hybridized carbons (Fsp3) is 0.583. The van der Waals surface area contributed by atoms with Crippen molar-refractivity contribution < 1.29 is 9.53 Å². The van der Waals surface area contributed by atoms with E-state index in [1.807, 2.05) is 0 Å². The summed E-state index contributed by atoms with van der Waals surface area (Å²) < 4.78 is 4.64. The number of hydrogen-bond donors (Lipinski definition) is 1. The molecular weight excluding hydrogens is 254 g/mol. The number of ether oxygens (including phenoxy) is 1. The maximum absolute atomic E-state index is 11.4. The summed E-state index contributed by atoms with van der Waals surface area (Å²) in [6.07, 6.45) is 3.07. The van der Waals surface area contributed by atoms with Gasteiger partial charge in [-0.2, -0.15) is 0 Å². The second-order valence-electron chi connectivity index (χ2n) is 4.40. The van der Waals surface area contributed by atoms with E-state index in [0.717, 1.165) is 38.0 Å². The molecule has 1 aliphatic rings. The highest BCUT2D eigenvalue weighted by atomic mass is 35.5. The second kappa shape index (κ2) is 6.11. The third kappa shape index (κ3) is 3.40. The molecule has 6 heteroatoms. The minimum atomic E-state index is -0.481. The average molecular weight is 270 g/mol. The van der Waals surface area contributed by atoms with Crippen molar-refractivity contribution in [1.82, 2.24) is 15.3 Å². The molecule has 2 heterocycles. The lowest BCUT2D eigenvalue weighted by atomic mass is 9.93. The number of carbonyl (C=O) groups excluding carboxylic acids is 1. The van der Waals surface area contributed by atoms with Gasteiger partial charge in [0.1, 0.15) is 0 Å². The molecule has 18 heavy (non-hydrogen) atoms. The van der Waals surface area contributed by atoms with Crippen molar-refractivity contribution in [3.8, 4) is 0 Å². The van der Waals surface area contributed by atoms with Crippen LogP contribution in [-0.2, 0) is 11.2 Å². The Morgan fingerprint density at radius 2 is 2.22 bits per heavy atom. The van der Waals surface area contributed by atoms with Gasteiger partial charge in [-0.3, -0.25) is 0 Å². The smallest absolute Gasteiger partial charge is 0.356 e. The van der Waals surface area contributed by atoms with Crippen molar-refractivity contribution in [1.29, 1.82) is 0 Å². The minimum Gasteiger partial charge on any atom is -0.464 e. The number of aromatic nitrogens is 2. The van der Waals surface area contributed by atoms with Gasteiger partial charge in [0.2, 0.25) is 5.28 Å². The molecule has 2 rings (SSSR count). The molecule has 0 radical (unpaired) electrons. The highest BCUT2D eigenvalue weighted by Gasteiger charge is 2.17. The lowest BCUT2D eigenvalue weighted by molar-refractivity contribution is 0.0593. The van der Waals surface area contributed by atoms with Gasteiger partial charge in [0.15, 0.2) is 5.69 Å². The van der Waals surface area contributed by atoms with Crippen LogP contribution in [0.2, 0.25) is 5.28 Å². The van der Waals surface area contributed by atoms with Crippen LogP contribution in [0.15, 0.2) is 6.07 Å². The molecule has 0 saturated carbocycles. The van der Waals surface area contributed by atoms with Crippen molar-refractivity contribution in [2.75, 3.05) is 20.2 Å². The highest BCUT2D eigenvalue weighted by molar-refractivity contribution is 6.28. The number of hydrogen-bond acceptors (Lipinski definition) is 5. The van der Waals surface area contributed by atoms with E-state index < -0.39 is 5.97 Å². The zero-order valence-electron chi connectivity index (χ0n) is 10.3. The Balaban J connectivity index is 2.11. The number of esters is 1. The van der Waals surface area contributed by atoms with Crippen molar-refractivity contribution in [2.45, 2.75) is 19.3 Å². The number of rotatable bonds is 3. The Labute approximate surface area is 111 Å². The van der Waals surface area contributed by atoms with Gasteiger partial charge in [-0.1, -0.05) is 0 Å². The summed E-state index contributed by atoms with van der Waals surface area (Å²) in [5, 5.41) is 3.42. The van der Waals surface area contributed by atoms with E-state index in [2.05, 4.69) is 20.0 Å². The predicted molar refractivity (Wildman–Crippen MR) is 67.7 cm³/mol. The zero-order valence-corrected chi connectivity index (χ0v) is 11.0. The molecule has 0 amide bonds. The van der Waals surface area contributed by atoms with E-state index in [4.69, 9.17) is 11.6 Å². The van der Waals surface area contributed by atoms with Crippen LogP contribution in [0.3, 0.4) is 0 Å². The topological polar surface area (TPSA) is 64.1 Å². The molecule has 0 atom stereocenters. The second-order valence-corrected chi connectivity index (χ2v) is 4.74. The average Bonchev–Trinajstić information content (AvgIpc) is 2.38. The van der Waals surface area contributed by atoms with Crippen LogP contribution < -0.4 is 5.32 Å². The molecule has 1 fully saturated rings. The Morgan fingerprint density at radius 3 is 2.89 bits per heavy atom. The monoisotopic (exact) mass is 269 g/mol. The Kier molecular flexibility index (Phi) is 4.49. The summed E-state index contributed by atoms with van der Waals surface area (Å²) in [5.74, 6) is 0.105. The summed E-state index contributed by atoms with van der Waals surface area (Å²) in [6.45, 7) is 2.07. The van der Waals surface area contributed by atoms with E-state index in [-0.39, 0.29) is 11.0 Å². The van der Waals surface area contributed by atoms with Crippen LogP contribution in [0, 0.1) is 5.92 Å². The Morgan fingerprint density at radius 1 is 1.50 bits per heavy atom. The summed E-state index contributed by atoms with van der Waals surface area (Å²) in [5.41, 5.74) is 1.03. The van der Waals surface area contributed by atoms with Gasteiger partial charge in [0, 0.05) is 5.69 Å². The molecule has 0 spiro atoms. The number of methoxy groups -OCH3 is 1. The first-order valence-electron chi connectivity index (χ1n) is 6.01. The number of nitrogens with zero attached hydrogens (tertiary/aromatic N) is 2.